The molecule has 8 nitrogen and oxygen atoms in total. The van der Waals surface area contributed by atoms with E-state index in [4.69, 9.17) is 9.72 Å². The molecular weight excluding hydrogens is 424 g/mol. The smallest absolute Gasteiger partial charge is 0.258 e. The van der Waals surface area contributed by atoms with Crippen LogP contribution in [-0.2, 0) is 17.0 Å². The molecule has 3 aromatic heterocycles. The van der Waals surface area contributed by atoms with Crippen LogP contribution in [0.1, 0.15) is 43.9 Å². The number of aromatic nitrogens is 5. The number of hydrogen-bond donors (Lipinski definition) is 0. The molecule has 0 aliphatic carbocycles. The zero-order valence-corrected chi connectivity index (χ0v) is 19.6. The molecule has 3 aromatic rings. The average Bonchev–Trinajstić information content (AvgIpc) is 3.43. The number of aryl methyl sites for hydroxylation is 1. The van der Waals surface area contributed by atoms with Gasteiger partial charge in [0.15, 0.2) is 5.16 Å². The van der Waals surface area contributed by atoms with Crippen LogP contribution < -0.4 is 10.5 Å². The Bertz CT molecular complexity index is 1150. The van der Waals surface area contributed by atoms with Crippen molar-refractivity contribution in [2.24, 2.45) is 5.92 Å². The summed E-state index contributed by atoms with van der Waals surface area (Å²) < 4.78 is 9.71. The van der Waals surface area contributed by atoms with E-state index in [-0.39, 0.29) is 11.7 Å². The van der Waals surface area contributed by atoms with Crippen LogP contribution in [0.4, 0.5) is 5.95 Å². The van der Waals surface area contributed by atoms with Crippen molar-refractivity contribution >= 4 is 23.4 Å². The zero-order chi connectivity index (χ0) is 22.1. The lowest BCUT2D eigenvalue weighted by Gasteiger charge is -2.31. The number of hydrogen-bond acceptors (Lipinski definition) is 7. The minimum Gasteiger partial charge on any atom is -0.376 e. The molecule has 2 saturated heterocycles. The van der Waals surface area contributed by atoms with E-state index in [1.165, 1.54) is 12.8 Å². The number of rotatable bonds is 6. The molecule has 32 heavy (non-hydrogen) atoms. The largest absolute Gasteiger partial charge is 0.376 e. The first-order valence-corrected chi connectivity index (χ1v) is 12.5. The first kappa shape index (κ1) is 21.5. The van der Waals surface area contributed by atoms with Gasteiger partial charge in [-0.15, -0.1) is 10.2 Å². The Morgan fingerprint density at radius 3 is 2.81 bits per heavy atom. The first-order chi connectivity index (χ1) is 15.6. The Morgan fingerprint density at radius 1 is 1.19 bits per heavy atom. The van der Waals surface area contributed by atoms with Crippen molar-refractivity contribution in [2.75, 3.05) is 24.6 Å². The van der Waals surface area contributed by atoms with Crippen LogP contribution in [0.15, 0.2) is 34.3 Å². The molecular formula is C23H30N6O2S. The first-order valence-electron chi connectivity index (χ1n) is 11.5. The zero-order valence-electron chi connectivity index (χ0n) is 18.7. The number of pyridine rings is 1. The van der Waals surface area contributed by atoms with Gasteiger partial charge in [-0.2, -0.15) is 0 Å². The lowest BCUT2D eigenvalue weighted by atomic mass is 10.00. The van der Waals surface area contributed by atoms with E-state index in [9.17, 15) is 4.79 Å². The fourth-order valence-corrected chi connectivity index (χ4v) is 5.28. The summed E-state index contributed by atoms with van der Waals surface area (Å²) in [6.07, 6.45) is 6.52. The summed E-state index contributed by atoms with van der Waals surface area (Å²) in [6.45, 7) is 7.94. The molecule has 0 N–H and O–H groups in total. The predicted octanol–water partition coefficient (Wildman–Crippen LogP) is 3.30. The molecule has 170 valence electrons. The predicted molar refractivity (Wildman–Crippen MR) is 125 cm³/mol. The second kappa shape index (κ2) is 9.23. The van der Waals surface area contributed by atoms with Crippen LogP contribution in [0.2, 0.25) is 0 Å². The van der Waals surface area contributed by atoms with Crippen molar-refractivity contribution in [3.05, 3.63) is 46.0 Å². The van der Waals surface area contributed by atoms with Crippen molar-refractivity contribution in [3.8, 4) is 0 Å². The average molecular weight is 455 g/mol. The second-order valence-corrected chi connectivity index (χ2v) is 9.95. The highest BCUT2D eigenvalue weighted by molar-refractivity contribution is 7.98. The van der Waals surface area contributed by atoms with Crippen LogP contribution in [-0.4, -0.2) is 49.9 Å². The second-order valence-electron chi connectivity index (χ2n) is 9.00. The Labute approximate surface area is 192 Å². The topological polar surface area (TPSA) is 77.6 Å². The molecule has 0 spiro atoms. The van der Waals surface area contributed by atoms with E-state index in [1.807, 2.05) is 19.1 Å². The molecule has 9 heteroatoms. The van der Waals surface area contributed by atoms with Gasteiger partial charge in [-0.25, -0.2) is 4.98 Å². The van der Waals surface area contributed by atoms with Gasteiger partial charge in [0.05, 0.1) is 18.3 Å². The van der Waals surface area contributed by atoms with E-state index in [2.05, 4.69) is 26.6 Å². The highest BCUT2D eigenvalue weighted by Crippen LogP contribution is 2.29. The highest BCUT2D eigenvalue weighted by atomic mass is 32.2. The summed E-state index contributed by atoms with van der Waals surface area (Å²) in [7, 11) is 0. The third kappa shape index (κ3) is 4.54. The minimum atomic E-state index is -0.0606. The number of piperidine rings is 1. The molecule has 0 radical (unpaired) electrons. The van der Waals surface area contributed by atoms with Gasteiger partial charge in [0.2, 0.25) is 5.95 Å². The third-order valence-electron chi connectivity index (χ3n) is 6.40. The van der Waals surface area contributed by atoms with E-state index in [1.54, 1.807) is 28.4 Å². The molecule has 5 heterocycles. The van der Waals surface area contributed by atoms with E-state index in [0.29, 0.717) is 11.4 Å². The fraction of sp³-hybridized carbons (Fsp3) is 0.565. The standard InChI is InChI=1S/C23H30N6O2S/c1-16-5-8-27(9-6-16)22-25-26-23(29(22)14-19-4-3-11-31-19)32-15-18-13-21(30)28-10-7-17(2)12-20(28)24-18/h7,10,12-13,16,19H,3-6,8-9,11,14-15H2,1-2H3. The van der Waals surface area contributed by atoms with Crippen LogP contribution in [0, 0.1) is 12.8 Å². The van der Waals surface area contributed by atoms with Crippen molar-refractivity contribution in [2.45, 2.75) is 63.1 Å². The summed E-state index contributed by atoms with van der Waals surface area (Å²) in [5.74, 6) is 2.27. The minimum absolute atomic E-state index is 0.0606. The molecule has 2 aliphatic rings. The molecule has 0 bridgehead atoms. The van der Waals surface area contributed by atoms with E-state index in [0.717, 1.165) is 67.4 Å². The Morgan fingerprint density at radius 2 is 2.03 bits per heavy atom. The normalized spacial score (nSPS) is 19.8. The van der Waals surface area contributed by atoms with Gasteiger partial charge in [0.25, 0.3) is 5.56 Å². The maximum absolute atomic E-state index is 12.5. The molecule has 0 aromatic carbocycles. The molecule has 0 amide bonds. The van der Waals surface area contributed by atoms with E-state index >= 15 is 0 Å². The van der Waals surface area contributed by atoms with Gasteiger partial charge in [-0.3, -0.25) is 13.8 Å². The maximum atomic E-state index is 12.5. The molecule has 1 unspecified atom stereocenters. The summed E-state index contributed by atoms with van der Waals surface area (Å²) in [6, 6.07) is 5.47. The lowest BCUT2D eigenvalue weighted by molar-refractivity contribution is 0.0951. The summed E-state index contributed by atoms with van der Waals surface area (Å²) in [4.78, 5) is 19.6. The Balaban J connectivity index is 1.39. The molecule has 2 fully saturated rings. The van der Waals surface area contributed by atoms with Crippen molar-refractivity contribution in [1.82, 2.24) is 24.1 Å². The molecule has 2 aliphatic heterocycles. The van der Waals surface area contributed by atoms with Gasteiger partial charge in [-0.05, 0) is 56.2 Å². The summed E-state index contributed by atoms with van der Waals surface area (Å²) >= 11 is 1.59. The highest BCUT2D eigenvalue weighted by Gasteiger charge is 2.26. The maximum Gasteiger partial charge on any atom is 0.258 e. The number of anilines is 1. The Hall–Kier alpha value is -2.39. The van der Waals surface area contributed by atoms with Gasteiger partial charge >= 0.3 is 0 Å². The Kier molecular flexibility index (Phi) is 6.19. The number of fused-ring (bicyclic) bond motifs is 1. The molecule has 1 atom stereocenters. The van der Waals surface area contributed by atoms with Crippen LogP contribution in [0.3, 0.4) is 0 Å². The van der Waals surface area contributed by atoms with Crippen molar-refractivity contribution in [1.29, 1.82) is 0 Å². The van der Waals surface area contributed by atoms with E-state index < -0.39 is 0 Å². The number of nitrogens with zero attached hydrogens (tertiary/aromatic N) is 6. The molecule has 5 rings (SSSR count). The monoisotopic (exact) mass is 454 g/mol. The number of ether oxygens (including phenoxy) is 1. The van der Waals surface area contributed by atoms with Crippen LogP contribution in [0.25, 0.3) is 5.65 Å². The quantitative estimate of drug-likeness (QED) is 0.529. The van der Waals surface area contributed by atoms with Crippen LogP contribution in [0.5, 0.6) is 0 Å². The van der Waals surface area contributed by atoms with Gasteiger partial charge in [0.1, 0.15) is 5.65 Å². The third-order valence-corrected chi connectivity index (χ3v) is 7.40. The fourth-order valence-electron chi connectivity index (χ4n) is 4.45. The SMILES string of the molecule is Cc1ccn2c(=O)cc(CSc3nnc(N4CCC(C)CC4)n3CC3CCCO3)nc2c1. The van der Waals surface area contributed by atoms with Gasteiger partial charge in [-0.1, -0.05) is 18.7 Å². The molecule has 0 saturated carbocycles. The number of thioether (sulfide) groups is 1. The lowest BCUT2D eigenvalue weighted by Crippen LogP contribution is -2.35. The van der Waals surface area contributed by atoms with Gasteiger partial charge < -0.3 is 9.64 Å². The summed E-state index contributed by atoms with van der Waals surface area (Å²) in [5.41, 5.74) is 2.45. The van der Waals surface area contributed by atoms with Crippen LogP contribution >= 0.6 is 11.8 Å². The van der Waals surface area contributed by atoms with Crippen molar-refractivity contribution in [3.63, 3.8) is 0 Å². The van der Waals surface area contributed by atoms with Crippen molar-refractivity contribution < 1.29 is 4.74 Å². The van der Waals surface area contributed by atoms with Gasteiger partial charge in [0, 0.05) is 37.7 Å². The summed E-state index contributed by atoms with van der Waals surface area (Å²) in [5, 5.41) is 9.97.